The Bertz CT molecular complexity index is 2610. The van der Waals surface area contributed by atoms with Crippen molar-refractivity contribution in [1.29, 1.82) is 0 Å². The van der Waals surface area contributed by atoms with Crippen LogP contribution in [0, 0.1) is 0 Å². The van der Waals surface area contributed by atoms with Crippen LogP contribution < -0.4 is 4.90 Å². The average molecular weight is 686 g/mol. The minimum atomic E-state index is 0.0700. The molecule has 0 atom stereocenters. The van der Waals surface area contributed by atoms with E-state index in [9.17, 15) is 0 Å². The lowest BCUT2D eigenvalue weighted by Gasteiger charge is -2.26. The topological polar surface area (TPSA) is 38.9 Å². The van der Waals surface area contributed by atoms with Crippen LogP contribution >= 0.6 is 0 Å². The van der Waals surface area contributed by atoms with E-state index in [0.29, 0.717) is 0 Å². The molecule has 53 heavy (non-hydrogen) atoms. The van der Waals surface area contributed by atoms with Crippen LogP contribution in [0.2, 0.25) is 0 Å². The molecule has 256 valence electrons. The Balaban J connectivity index is 1.10. The van der Waals surface area contributed by atoms with E-state index in [1.165, 1.54) is 27.4 Å². The van der Waals surface area contributed by atoms with E-state index in [-0.39, 0.29) is 5.41 Å². The lowest BCUT2D eigenvalue weighted by Crippen LogP contribution is -2.10. The lowest BCUT2D eigenvalue weighted by molar-refractivity contribution is 0.590. The summed E-state index contributed by atoms with van der Waals surface area (Å²) in [6.45, 7) is 6.70. The van der Waals surface area contributed by atoms with Gasteiger partial charge < -0.3 is 9.47 Å². The summed E-state index contributed by atoms with van der Waals surface area (Å²) in [5.41, 5.74) is 11.1. The predicted octanol–water partition coefficient (Wildman–Crippen LogP) is 12.5. The third kappa shape index (κ3) is 5.86. The van der Waals surface area contributed by atoms with Gasteiger partial charge in [-0.25, -0.2) is 0 Å². The number of aromatic nitrogens is 4. The van der Waals surface area contributed by atoms with Crippen molar-refractivity contribution in [3.8, 4) is 34.2 Å². The molecule has 5 nitrogen and oxygen atoms in total. The molecule has 0 radical (unpaired) electrons. The molecule has 0 N–H and O–H groups in total. The Morgan fingerprint density at radius 2 is 0.811 bits per heavy atom. The molecular formula is C48H39N5. The molecule has 7 aromatic carbocycles. The largest absolute Gasteiger partial charge is 0.311 e. The maximum Gasteiger partial charge on any atom is 0.168 e. The summed E-state index contributed by atoms with van der Waals surface area (Å²) in [6.07, 6.45) is 0. The van der Waals surface area contributed by atoms with Crippen LogP contribution in [0.3, 0.4) is 0 Å². The molecule has 0 unspecified atom stereocenters. The number of anilines is 3. The predicted molar refractivity (Wildman–Crippen MR) is 220 cm³/mol. The molecule has 0 spiro atoms. The summed E-state index contributed by atoms with van der Waals surface area (Å²) < 4.78 is 4.51. The van der Waals surface area contributed by atoms with E-state index in [2.05, 4.69) is 211 Å². The lowest BCUT2D eigenvalue weighted by atomic mass is 9.86. The first-order valence-corrected chi connectivity index (χ1v) is 18.1. The zero-order chi connectivity index (χ0) is 35.9. The monoisotopic (exact) mass is 685 g/mol. The Morgan fingerprint density at radius 1 is 0.396 bits per heavy atom. The van der Waals surface area contributed by atoms with Crippen molar-refractivity contribution in [2.75, 3.05) is 4.90 Å². The molecule has 9 rings (SSSR count). The van der Waals surface area contributed by atoms with E-state index >= 15 is 0 Å². The first kappa shape index (κ1) is 32.2. The molecule has 2 aromatic heterocycles. The first-order valence-electron chi connectivity index (χ1n) is 18.1. The van der Waals surface area contributed by atoms with Crippen LogP contribution in [-0.4, -0.2) is 19.3 Å². The number of nitrogens with zero attached hydrogens (tertiary/aromatic N) is 5. The highest BCUT2D eigenvalue weighted by Crippen LogP contribution is 2.38. The van der Waals surface area contributed by atoms with Gasteiger partial charge in [0.1, 0.15) is 0 Å². The Kier molecular flexibility index (Phi) is 7.97. The standard InChI is InChI=1S/C48H39N5/c1-48(2,3)36-26-22-34(23-27-36)46-49-50-47(53(46)38-16-8-5-9-17-38)35-24-28-39(29-25-35)51(37-14-6-4-7-15-37)40-30-32-41(33-31-40)52-44-20-12-10-18-42(44)43-19-11-13-21-45(43)52/h4-33H,1-3H3. The Morgan fingerprint density at radius 3 is 1.34 bits per heavy atom. The minimum Gasteiger partial charge on any atom is -0.311 e. The molecule has 2 heterocycles. The SMILES string of the molecule is CC(C)(C)c1ccc(-c2nnc(-c3ccc(N(c4ccccc4)c4ccc(-n5c6ccccc6c6ccccc65)cc4)cc3)n2-c2ccccc2)cc1. The van der Waals surface area contributed by atoms with Crippen LogP contribution in [0.5, 0.6) is 0 Å². The highest BCUT2D eigenvalue weighted by atomic mass is 15.3. The maximum atomic E-state index is 4.78. The van der Waals surface area contributed by atoms with Gasteiger partial charge in [-0.15, -0.1) is 10.2 Å². The van der Waals surface area contributed by atoms with Crippen molar-refractivity contribution in [2.24, 2.45) is 0 Å². The van der Waals surface area contributed by atoms with E-state index < -0.39 is 0 Å². The van der Waals surface area contributed by atoms with Crippen LogP contribution in [0.25, 0.3) is 56.0 Å². The van der Waals surface area contributed by atoms with Gasteiger partial charge >= 0.3 is 0 Å². The number of para-hydroxylation sites is 4. The van der Waals surface area contributed by atoms with Crippen molar-refractivity contribution in [3.05, 3.63) is 188 Å². The second-order valence-corrected chi connectivity index (χ2v) is 14.4. The van der Waals surface area contributed by atoms with Gasteiger partial charge in [0.15, 0.2) is 11.6 Å². The van der Waals surface area contributed by atoms with Gasteiger partial charge in [-0.1, -0.05) is 118 Å². The van der Waals surface area contributed by atoms with E-state index in [4.69, 9.17) is 10.2 Å². The number of hydrogen-bond donors (Lipinski definition) is 0. The molecule has 5 heteroatoms. The zero-order valence-corrected chi connectivity index (χ0v) is 30.1. The third-order valence-corrected chi connectivity index (χ3v) is 10.0. The van der Waals surface area contributed by atoms with Gasteiger partial charge in [0.25, 0.3) is 0 Å². The summed E-state index contributed by atoms with van der Waals surface area (Å²) in [6, 6.07) is 64.3. The fraction of sp³-hybridized carbons (Fsp3) is 0.0833. The molecule has 0 aliphatic rings. The van der Waals surface area contributed by atoms with Gasteiger partial charge in [-0.05, 0) is 95.9 Å². The number of fused-ring (bicyclic) bond motifs is 3. The molecule has 0 saturated carbocycles. The molecule has 0 fully saturated rings. The molecule has 9 aromatic rings. The van der Waals surface area contributed by atoms with Crippen molar-refractivity contribution >= 4 is 38.9 Å². The van der Waals surface area contributed by atoms with Gasteiger partial charge in [0.05, 0.1) is 11.0 Å². The number of hydrogen-bond acceptors (Lipinski definition) is 3. The second kappa shape index (κ2) is 13.1. The Labute approximate surface area is 310 Å². The molecule has 0 bridgehead atoms. The van der Waals surface area contributed by atoms with Crippen molar-refractivity contribution in [1.82, 2.24) is 19.3 Å². The average Bonchev–Trinajstić information content (AvgIpc) is 3.80. The smallest absolute Gasteiger partial charge is 0.168 e. The van der Waals surface area contributed by atoms with E-state index in [1.807, 2.05) is 6.07 Å². The third-order valence-electron chi connectivity index (χ3n) is 10.0. The molecule has 0 aliphatic carbocycles. The van der Waals surface area contributed by atoms with Crippen LogP contribution in [-0.2, 0) is 5.41 Å². The summed E-state index contributed by atoms with van der Waals surface area (Å²) in [5, 5.41) is 12.0. The van der Waals surface area contributed by atoms with Crippen molar-refractivity contribution in [3.63, 3.8) is 0 Å². The molecule has 0 amide bonds. The quantitative estimate of drug-likeness (QED) is 0.168. The number of benzene rings is 7. The van der Waals surface area contributed by atoms with Crippen LogP contribution in [0.15, 0.2) is 182 Å². The first-order chi connectivity index (χ1) is 25.9. The van der Waals surface area contributed by atoms with Gasteiger partial charge in [-0.2, -0.15) is 0 Å². The highest BCUT2D eigenvalue weighted by Gasteiger charge is 2.20. The fourth-order valence-corrected chi connectivity index (χ4v) is 7.33. The molecule has 0 aliphatic heterocycles. The normalized spacial score (nSPS) is 11.7. The van der Waals surface area contributed by atoms with Gasteiger partial charge in [-0.3, -0.25) is 4.57 Å². The van der Waals surface area contributed by atoms with Crippen LogP contribution in [0.1, 0.15) is 26.3 Å². The summed E-state index contributed by atoms with van der Waals surface area (Å²) in [7, 11) is 0. The van der Waals surface area contributed by atoms with Crippen molar-refractivity contribution < 1.29 is 0 Å². The number of rotatable bonds is 7. The van der Waals surface area contributed by atoms with E-state index in [0.717, 1.165) is 51.2 Å². The zero-order valence-electron chi connectivity index (χ0n) is 30.1. The highest BCUT2D eigenvalue weighted by molar-refractivity contribution is 6.09. The summed E-state index contributed by atoms with van der Waals surface area (Å²) in [5.74, 6) is 1.60. The second-order valence-electron chi connectivity index (χ2n) is 14.4. The van der Waals surface area contributed by atoms with Crippen molar-refractivity contribution in [2.45, 2.75) is 26.2 Å². The molecule has 0 saturated heterocycles. The van der Waals surface area contributed by atoms with Gasteiger partial charge in [0, 0.05) is 50.3 Å². The van der Waals surface area contributed by atoms with E-state index in [1.54, 1.807) is 0 Å². The fourth-order valence-electron chi connectivity index (χ4n) is 7.33. The Hall–Kier alpha value is -6.72. The minimum absolute atomic E-state index is 0.0700. The van der Waals surface area contributed by atoms with Crippen LogP contribution in [0.4, 0.5) is 17.1 Å². The molecular weight excluding hydrogens is 647 g/mol. The summed E-state index contributed by atoms with van der Waals surface area (Å²) >= 11 is 0. The maximum absolute atomic E-state index is 4.78. The summed E-state index contributed by atoms with van der Waals surface area (Å²) in [4.78, 5) is 2.30. The van der Waals surface area contributed by atoms with Gasteiger partial charge in [0.2, 0.25) is 0 Å².